The summed E-state index contributed by atoms with van der Waals surface area (Å²) in [7, 11) is 1.62. The zero-order chi connectivity index (χ0) is 22.1. The lowest BCUT2D eigenvalue weighted by Gasteiger charge is -2.29. The highest BCUT2D eigenvalue weighted by Crippen LogP contribution is 2.35. The number of pyridine rings is 1. The minimum Gasteiger partial charge on any atom is -0.480 e. The monoisotopic (exact) mass is 437 g/mol. The molecule has 0 atom stereocenters. The summed E-state index contributed by atoms with van der Waals surface area (Å²) in [5.41, 5.74) is 3.47. The van der Waals surface area contributed by atoms with Crippen LogP contribution in [0.15, 0.2) is 24.5 Å². The van der Waals surface area contributed by atoms with Crippen molar-refractivity contribution in [1.82, 2.24) is 29.5 Å². The van der Waals surface area contributed by atoms with Gasteiger partial charge in [-0.25, -0.2) is 0 Å². The molecule has 4 aromatic rings. The highest BCUT2D eigenvalue weighted by atomic mass is 16.5. The van der Waals surface area contributed by atoms with Crippen molar-refractivity contribution in [3.8, 4) is 17.0 Å². The Morgan fingerprint density at radius 2 is 2.03 bits per heavy atom. The van der Waals surface area contributed by atoms with E-state index in [4.69, 9.17) is 19.6 Å². The third-order valence-corrected chi connectivity index (χ3v) is 6.03. The fourth-order valence-corrected chi connectivity index (χ4v) is 4.38. The maximum Gasteiger partial charge on any atom is 0.228 e. The Morgan fingerprint density at radius 1 is 1.19 bits per heavy atom. The van der Waals surface area contributed by atoms with Crippen LogP contribution in [0, 0.1) is 6.92 Å². The third kappa shape index (κ3) is 3.87. The molecule has 4 aromatic heterocycles. The smallest absolute Gasteiger partial charge is 0.228 e. The summed E-state index contributed by atoms with van der Waals surface area (Å²) in [4.78, 5) is 12.6. The van der Waals surface area contributed by atoms with Gasteiger partial charge in [0.05, 0.1) is 31.8 Å². The molecule has 5 rings (SSSR count). The number of aliphatic hydroxyl groups excluding tert-OH is 1. The zero-order valence-electron chi connectivity index (χ0n) is 18.2. The molecular formula is C22H27N7O3. The average molecular weight is 438 g/mol. The van der Waals surface area contributed by atoms with E-state index in [0.717, 1.165) is 59.3 Å². The van der Waals surface area contributed by atoms with E-state index in [2.05, 4.69) is 25.5 Å². The number of hydrogen-bond donors (Lipinski definition) is 3. The lowest BCUT2D eigenvalue weighted by molar-refractivity contribution is 0.00719. The molecule has 1 saturated carbocycles. The molecule has 1 aliphatic rings. The van der Waals surface area contributed by atoms with Gasteiger partial charge in [0, 0.05) is 29.6 Å². The molecule has 0 saturated heterocycles. The molecule has 1 aliphatic carbocycles. The number of ether oxygens (including phenoxy) is 2. The highest BCUT2D eigenvalue weighted by molar-refractivity contribution is 5.97. The number of anilines is 1. The maximum absolute atomic E-state index is 8.93. The van der Waals surface area contributed by atoms with E-state index in [9.17, 15) is 0 Å². The van der Waals surface area contributed by atoms with Crippen LogP contribution in [0.2, 0.25) is 0 Å². The van der Waals surface area contributed by atoms with Gasteiger partial charge in [-0.15, -0.1) is 10.2 Å². The highest BCUT2D eigenvalue weighted by Gasteiger charge is 2.23. The Hall–Kier alpha value is -3.24. The van der Waals surface area contributed by atoms with Crippen LogP contribution in [0.3, 0.4) is 0 Å². The number of aliphatic hydroxyl groups is 1. The fourth-order valence-electron chi connectivity index (χ4n) is 4.38. The lowest BCUT2D eigenvalue weighted by atomic mass is 9.93. The molecule has 0 aliphatic heterocycles. The SMILES string of the molecule is COc1nc(NC2CCC(OCCO)CC2)nc2[nH]cc(-c3ccc4nnc(C)n4c3)c12. The molecule has 32 heavy (non-hydrogen) atoms. The Kier molecular flexibility index (Phi) is 5.62. The summed E-state index contributed by atoms with van der Waals surface area (Å²) in [6, 6.07) is 4.23. The summed E-state index contributed by atoms with van der Waals surface area (Å²) in [5, 5.41) is 21.5. The molecule has 0 radical (unpaired) electrons. The van der Waals surface area contributed by atoms with E-state index >= 15 is 0 Å². The van der Waals surface area contributed by atoms with Gasteiger partial charge in [0.15, 0.2) is 5.65 Å². The molecule has 168 valence electrons. The second-order valence-electron chi connectivity index (χ2n) is 8.09. The van der Waals surface area contributed by atoms with Crippen molar-refractivity contribution >= 4 is 22.6 Å². The molecule has 3 N–H and O–H groups in total. The van der Waals surface area contributed by atoms with Crippen LogP contribution in [0.4, 0.5) is 5.95 Å². The first-order valence-corrected chi connectivity index (χ1v) is 10.9. The number of nitrogens with zero attached hydrogens (tertiary/aromatic N) is 5. The fraction of sp³-hybridized carbons (Fsp3) is 0.455. The van der Waals surface area contributed by atoms with Crippen molar-refractivity contribution in [2.75, 3.05) is 25.6 Å². The van der Waals surface area contributed by atoms with Crippen LogP contribution < -0.4 is 10.1 Å². The molecule has 1 fully saturated rings. The van der Waals surface area contributed by atoms with Gasteiger partial charge in [-0.1, -0.05) is 0 Å². The average Bonchev–Trinajstić information content (AvgIpc) is 3.41. The van der Waals surface area contributed by atoms with Crippen LogP contribution in [0.25, 0.3) is 27.8 Å². The topological polar surface area (TPSA) is 122 Å². The largest absolute Gasteiger partial charge is 0.480 e. The number of hydrogen-bond acceptors (Lipinski definition) is 8. The van der Waals surface area contributed by atoms with E-state index in [1.807, 2.05) is 35.9 Å². The van der Waals surface area contributed by atoms with E-state index in [-0.39, 0.29) is 18.8 Å². The Labute approximate surface area is 185 Å². The predicted molar refractivity (Wildman–Crippen MR) is 120 cm³/mol. The Balaban J connectivity index is 1.40. The number of aromatic amines is 1. The predicted octanol–water partition coefficient (Wildman–Crippen LogP) is 2.72. The number of nitrogens with one attached hydrogen (secondary N) is 2. The Morgan fingerprint density at radius 3 is 2.81 bits per heavy atom. The second kappa shape index (κ2) is 8.71. The van der Waals surface area contributed by atoms with Gasteiger partial charge in [-0.2, -0.15) is 9.97 Å². The molecule has 0 amide bonds. The van der Waals surface area contributed by atoms with E-state index in [0.29, 0.717) is 18.4 Å². The molecule has 0 bridgehead atoms. The van der Waals surface area contributed by atoms with Gasteiger partial charge in [0.2, 0.25) is 11.8 Å². The van der Waals surface area contributed by atoms with E-state index in [1.54, 1.807) is 7.11 Å². The number of methoxy groups -OCH3 is 1. The molecule has 0 aromatic carbocycles. The van der Waals surface area contributed by atoms with Crippen LogP contribution in [-0.2, 0) is 4.74 Å². The number of H-pyrrole nitrogens is 1. The first-order chi connectivity index (χ1) is 15.7. The minimum absolute atomic E-state index is 0.0661. The zero-order valence-corrected chi connectivity index (χ0v) is 18.2. The number of fused-ring (bicyclic) bond motifs is 2. The van der Waals surface area contributed by atoms with Crippen molar-refractivity contribution in [3.05, 3.63) is 30.4 Å². The quantitative estimate of drug-likeness (QED) is 0.403. The van der Waals surface area contributed by atoms with Crippen molar-refractivity contribution in [2.24, 2.45) is 0 Å². The number of aryl methyl sites for hydroxylation is 1. The minimum atomic E-state index is 0.0661. The van der Waals surface area contributed by atoms with Gasteiger partial charge < -0.3 is 24.9 Å². The van der Waals surface area contributed by atoms with Gasteiger partial charge in [-0.3, -0.25) is 4.40 Å². The van der Waals surface area contributed by atoms with E-state index in [1.165, 1.54) is 0 Å². The first kappa shape index (κ1) is 20.7. The van der Waals surface area contributed by atoms with Gasteiger partial charge in [0.25, 0.3) is 0 Å². The maximum atomic E-state index is 8.93. The second-order valence-corrected chi connectivity index (χ2v) is 8.09. The summed E-state index contributed by atoms with van der Waals surface area (Å²) in [6.07, 6.45) is 7.99. The summed E-state index contributed by atoms with van der Waals surface area (Å²) < 4.78 is 13.3. The van der Waals surface area contributed by atoms with E-state index < -0.39 is 0 Å². The standard InChI is InChI=1S/C22H27N7O3/c1-13-27-28-18-8-3-14(12-29(13)18)17-11-23-20-19(17)21(31-2)26-22(25-20)24-15-4-6-16(7-5-15)32-10-9-30/h3,8,11-12,15-16,30H,4-7,9-10H2,1-2H3,(H2,23,24,25,26). The molecule has 0 spiro atoms. The van der Waals surface area contributed by atoms with Crippen LogP contribution >= 0.6 is 0 Å². The molecular weight excluding hydrogens is 410 g/mol. The number of aromatic nitrogens is 6. The molecule has 10 heteroatoms. The van der Waals surface area contributed by atoms with Crippen molar-refractivity contribution in [1.29, 1.82) is 0 Å². The Bertz CT molecular complexity index is 1230. The summed E-state index contributed by atoms with van der Waals surface area (Å²) in [5.74, 6) is 1.90. The van der Waals surface area contributed by atoms with Crippen molar-refractivity contribution in [2.45, 2.75) is 44.8 Å². The van der Waals surface area contributed by atoms with Crippen LogP contribution in [-0.4, -0.2) is 67.1 Å². The summed E-state index contributed by atoms with van der Waals surface area (Å²) >= 11 is 0. The third-order valence-electron chi connectivity index (χ3n) is 6.03. The van der Waals surface area contributed by atoms with Crippen molar-refractivity contribution in [3.63, 3.8) is 0 Å². The summed E-state index contributed by atoms with van der Waals surface area (Å²) in [6.45, 7) is 2.39. The first-order valence-electron chi connectivity index (χ1n) is 10.9. The van der Waals surface area contributed by atoms with Crippen LogP contribution in [0.1, 0.15) is 31.5 Å². The number of rotatable bonds is 7. The van der Waals surface area contributed by atoms with Crippen molar-refractivity contribution < 1.29 is 14.6 Å². The van der Waals surface area contributed by atoms with Gasteiger partial charge in [0.1, 0.15) is 11.5 Å². The van der Waals surface area contributed by atoms with Crippen LogP contribution in [0.5, 0.6) is 5.88 Å². The van der Waals surface area contributed by atoms with Gasteiger partial charge in [-0.05, 0) is 44.7 Å². The molecule has 10 nitrogen and oxygen atoms in total. The molecule has 0 unspecified atom stereocenters. The normalized spacial score (nSPS) is 19.0. The lowest BCUT2D eigenvalue weighted by Crippen LogP contribution is -2.30. The molecule has 4 heterocycles. The van der Waals surface area contributed by atoms with Gasteiger partial charge >= 0.3 is 0 Å².